The van der Waals surface area contributed by atoms with Gasteiger partial charge in [-0.05, 0) is 31.4 Å². The molecule has 2 heterocycles. The number of nitrogens with one attached hydrogen (secondary N) is 1. The fraction of sp³-hybridized carbons (Fsp3) is 0.538. The number of nitro groups is 1. The normalized spacial score (nSPS) is 27.0. The quantitative estimate of drug-likeness (QED) is 0.641. The Morgan fingerprint density at radius 2 is 1.89 bits per heavy atom. The van der Waals surface area contributed by atoms with Crippen LogP contribution in [0.4, 0.5) is 11.4 Å². The second-order valence-electron chi connectivity index (χ2n) is 5.15. The van der Waals surface area contributed by atoms with Gasteiger partial charge in [-0.3, -0.25) is 10.1 Å². The van der Waals surface area contributed by atoms with Gasteiger partial charge in [-0.15, -0.1) is 0 Å². The van der Waals surface area contributed by atoms with Crippen molar-refractivity contribution in [2.75, 3.05) is 18.0 Å². The molecule has 2 bridgehead atoms. The fourth-order valence-corrected chi connectivity index (χ4v) is 2.96. The lowest BCUT2D eigenvalue weighted by Crippen LogP contribution is -2.35. The highest BCUT2D eigenvalue weighted by molar-refractivity contribution is 5.51. The van der Waals surface area contributed by atoms with Crippen LogP contribution in [0, 0.1) is 10.1 Å². The Bertz CT molecular complexity index is 446. The molecule has 18 heavy (non-hydrogen) atoms. The topological polar surface area (TPSA) is 58.4 Å². The Morgan fingerprint density at radius 3 is 2.61 bits per heavy atom. The molecule has 0 spiro atoms. The van der Waals surface area contributed by atoms with Crippen LogP contribution < -0.4 is 10.2 Å². The van der Waals surface area contributed by atoms with Crippen molar-refractivity contribution in [1.82, 2.24) is 5.32 Å². The molecular weight excluding hydrogens is 230 g/mol. The monoisotopic (exact) mass is 247 g/mol. The van der Waals surface area contributed by atoms with E-state index in [2.05, 4.69) is 10.2 Å². The largest absolute Gasteiger partial charge is 0.370 e. The molecule has 2 unspecified atom stereocenters. The van der Waals surface area contributed by atoms with Crippen molar-refractivity contribution < 1.29 is 4.92 Å². The lowest BCUT2D eigenvalue weighted by atomic mass is 10.1. The highest BCUT2D eigenvalue weighted by Gasteiger charge is 2.29. The number of non-ortho nitro benzene ring substituents is 1. The maximum atomic E-state index is 10.6. The Labute approximate surface area is 106 Å². The predicted molar refractivity (Wildman–Crippen MR) is 69.9 cm³/mol. The summed E-state index contributed by atoms with van der Waals surface area (Å²) in [7, 11) is 0. The van der Waals surface area contributed by atoms with E-state index in [0.29, 0.717) is 12.1 Å². The van der Waals surface area contributed by atoms with Gasteiger partial charge < -0.3 is 10.2 Å². The van der Waals surface area contributed by atoms with Gasteiger partial charge >= 0.3 is 0 Å². The second kappa shape index (κ2) is 4.57. The molecule has 3 rings (SSSR count). The van der Waals surface area contributed by atoms with E-state index in [0.717, 1.165) is 25.2 Å². The van der Waals surface area contributed by atoms with Crippen LogP contribution in [0.25, 0.3) is 0 Å². The minimum absolute atomic E-state index is 0.160. The number of rotatable bonds is 2. The second-order valence-corrected chi connectivity index (χ2v) is 5.15. The van der Waals surface area contributed by atoms with E-state index in [9.17, 15) is 10.1 Å². The summed E-state index contributed by atoms with van der Waals surface area (Å²) in [6.45, 7) is 2.04. The Kier molecular flexibility index (Phi) is 2.91. The zero-order valence-corrected chi connectivity index (χ0v) is 10.2. The van der Waals surface area contributed by atoms with Crippen molar-refractivity contribution in [3.05, 3.63) is 34.4 Å². The molecule has 5 nitrogen and oxygen atoms in total. The smallest absolute Gasteiger partial charge is 0.269 e. The molecule has 2 aliphatic rings. The summed E-state index contributed by atoms with van der Waals surface area (Å²) in [5.41, 5.74) is 1.25. The van der Waals surface area contributed by atoms with Gasteiger partial charge in [0.25, 0.3) is 5.69 Å². The number of hydrogen-bond acceptors (Lipinski definition) is 4. The maximum absolute atomic E-state index is 10.6. The average molecular weight is 247 g/mol. The molecule has 1 aromatic carbocycles. The van der Waals surface area contributed by atoms with Gasteiger partial charge in [-0.25, -0.2) is 0 Å². The summed E-state index contributed by atoms with van der Waals surface area (Å²) in [6.07, 6.45) is 3.69. The van der Waals surface area contributed by atoms with Crippen LogP contribution in [0.2, 0.25) is 0 Å². The number of benzene rings is 1. The van der Waals surface area contributed by atoms with Gasteiger partial charge in [0, 0.05) is 43.0 Å². The Hall–Kier alpha value is -1.62. The van der Waals surface area contributed by atoms with E-state index in [1.54, 1.807) is 12.1 Å². The Balaban J connectivity index is 1.75. The SMILES string of the molecule is O=[N+]([O-])c1ccc(N2CCC3CCC(C2)N3)cc1. The van der Waals surface area contributed by atoms with Gasteiger partial charge in [-0.1, -0.05) is 0 Å². The van der Waals surface area contributed by atoms with Gasteiger partial charge in [0.15, 0.2) is 0 Å². The van der Waals surface area contributed by atoms with Crippen molar-refractivity contribution in [1.29, 1.82) is 0 Å². The first kappa shape index (κ1) is 11.5. The van der Waals surface area contributed by atoms with Crippen LogP contribution in [0.3, 0.4) is 0 Å². The molecule has 0 aliphatic carbocycles. The van der Waals surface area contributed by atoms with Crippen LogP contribution in [0.15, 0.2) is 24.3 Å². The number of fused-ring (bicyclic) bond motifs is 2. The Morgan fingerprint density at radius 1 is 1.17 bits per heavy atom. The molecule has 96 valence electrons. The molecule has 0 amide bonds. The molecule has 0 radical (unpaired) electrons. The van der Waals surface area contributed by atoms with Crippen LogP contribution in [-0.2, 0) is 0 Å². The van der Waals surface area contributed by atoms with Crippen LogP contribution in [0.5, 0.6) is 0 Å². The van der Waals surface area contributed by atoms with Gasteiger partial charge in [-0.2, -0.15) is 0 Å². The molecule has 0 aromatic heterocycles. The minimum Gasteiger partial charge on any atom is -0.370 e. The van der Waals surface area contributed by atoms with Crippen molar-refractivity contribution >= 4 is 11.4 Å². The van der Waals surface area contributed by atoms with E-state index in [4.69, 9.17) is 0 Å². The molecule has 2 saturated heterocycles. The van der Waals surface area contributed by atoms with Gasteiger partial charge in [0.1, 0.15) is 0 Å². The number of hydrogen-bond donors (Lipinski definition) is 1. The minimum atomic E-state index is -0.351. The maximum Gasteiger partial charge on any atom is 0.269 e. The first-order chi connectivity index (χ1) is 8.72. The molecule has 1 aromatic rings. The highest BCUT2D eigenvalue weighted by Crippen LogP contribution is 2.25. The number of nitrogens with zero attached hydrogens (tertiary/aromatic N) is 2. The number of anilines is 1. The van der Waals surface area contributed by atoms with Crippen LogP contribution in [-0.4, -0.2) is 30.1 Å². The zero-order valence-electron chi connectivity index (χ0n) is 10.2. The van der Waals surface area contributed by atoms with E-state index < -0.39 is 0 Å². The molecule has 1 N–H and O–H groups in total. The van der Waals surface area contributed by atoms with Crippen molar-refractivity contribution in [3.63, 3.8) is 0 Å². The summed E-state index contributed by atoms with van der Waals surface area (Å²) in [6, 6.07) is 8.14. The zero-order chi connectivity index (χ0) is 12.5. The molecular formula is C13H17N3O2. The predicted octanol–water partition coefficient (Wildman–Crippen LogP) is 1.93. The van der Waals surface area contributed by atoms with E-state index in [1.165, 1.54) is 12.8 Å². The summed E-state index contributed by atoms with van der Waals surface area (Å²) in [5, 5.41) is 14.3. The third-order valence-corrected chi connectivity index (χ3v) is 3.95. The summed E-state index contributed by atoms with van der Waals surface area (Å²) in [5.74, 6) is 0. The van der Waals surface area contributed by atoms with E-state index in [-0.39, 0.29) is 10.6 Å². The molecule has 2 fully saturated rings. The van der Waals surface area contributed by atoms with Gasteiger partial charge in [0.2, 0.25) is 0 Å². The number of nitro benzene ring substituents is 1. The summed E-state index contributed by atoms with van der Waals surface area (Å²) < 4.78 is 0. The fourth-order valence-electron chi connectivity index (χ4n) is 2.96. The lowest BCUT2D eigenvalue weighted by molar-refractivity contribution is -0.384. The van der Waals surface area contributed by atoms with Crippen molar-refractivity contribution in [3.8, 4) is 0 Å². The first-order valence-corrected chi connectivity index (χ1v) is 6.48. The molecule has 2 atom stereocenters. The summed E-state index contributed by atoms with van der Waals surface area (Å²) >= 11 is 0. The van der Waals surface area contributed by atoms with Crippen LogP contribution >= 0.6 is 0 Å². The summed E-state index contributed by atoms with van der Waals surface area (Å²) in [4.78, 5) is 12.6. The average Bonchev–Trinajstić information content (AvgIpc) is 2.69. The van der Waals surface area contributed by atoms with Crippen molar-refractivity contribution in [2.45, 2.75) is 31.3 Å². The van der Waals surface area contributed by atoms with Gasteiger partial charge in [0.05, 0.1) is 4.92 Å². The standard InChI is InChI=1S/C13H17N3O2/c17-16(18)13-5-3-12(4-6-13)15-8-7-10-1-2-11(9-15)14-10/h3-6,10-11,14H,1-2,7-9H2. The lowest BCUT2D eigenvalue weighted by Gasteiger charge is -2.26. The third kappa shape index (κ3) is 2.18. The van der Waals surface area contributed by atoms with Crippen molar-refractivity contribution in [2.24, 2.45) is 0 Å². The van der Waals surface area contributed by atoms with Crippen LogP contribution in [0.1, 0.15) is 19.3 Å². The van der Waals surface area contributed by atoms with E-state index >= 15 is 0 Å². The molecule has 0 saturated carbocycles. The highest BCUT2D eigenvalue weighted by atomic mass is 16.6. The molecule has 5 heteroatoms. The third-order valence-electron chi connectivity index (χ3n) is 3.95. The molecule has 2 aliphatic heterocycles. The van der Waals surface area contributed by atoms with E-state index in [1.807, 2.05) is 12.1 Å². The first-order valence-electron chi connectivity index (χ1n) is 6.48.